The highest BCUT2D eigenvalue weighted by Crippen LogP contribution is 2.45. The normalized spacial score (nSPS) is 34.9. The van der Waals surface area contributed by atoms with Crippen LogP contribution >= 0.6 is 22.6 Å². The van der Waals surface area contributed by atoms with Crippen LogP contribution < -0.4 is 0 Å². The zero-order chi connectivity index (χ0) is 10.4. The van der Waals surface area contributed by atoms with Crippen LogP contribution in [0.5, 0.6) is 0 Å². The molecule has 3 rings (SSSR count). The molecule has 0 spiro atoms. The van der Waals surface area contributed by atoms with E-state index in [4.69, 9.17) is 0 Å². The van der Waals surface area contributed by atoms with Crippen LogP contribution in [0.1, 0.15) is 30.7 Å². The van der Waals surface area contributed by atoms with E-state index in [9.17, 15) is 0 Å². The quantitative estimate of drug-likeness (QED) is 0.741. The first-order chi connectivity index (χ1) is 7.25. The van der Waals surface area contributed by atoms with Gasteiger partial charge in [0.1, 0.15) is 0 Å². The van der Waals surface area contributed by atoms with E-state index >= 15 is 0 Å². The standard InChI is InChI=1S/C12H15IN2/c1-15-10-2-3-12(15)11(5-10)8-4-9(13)7-14-6-8/h4,6-7,10-12H,2-3,5H2,1H3/t10-,11-,12-/m1/s1/i1-1. The summed E-state index contributed by atoms with van der Waals surface area (Å²) < 4.78 is 1.26. The van der Waals surface area contributed by atoms with Crippen molar-refractivity contribution in [1.29, 1.82) is 0 Å². The highest BCUT2D eigenvalue weighted by molar-refractivity contribution is 14.1. The number of rotatable bonds is 1. The number of aromatic nitrogens is 1. The van der Waals surface area contributed by atoms with Crippen LogP contribution in [0.2, 0.25) is 0 Å². The average Bonchev–Trinajstić information content (AvgIpc) is 2.74. The molecule has 2 saturated heterocycles. The molecule has 0 radical (unpaired) electrons. The molecule has 15 heavy (non-hydrogen) atoms. The summed E-state index contributed by atoms with van der Waals surface area (Å²) in [5.74, 6) is 0.732. The summed E-state index contributed by atoms with van der Waals surface area (Å²) in [5.41, 5.74) is 1.45. The zero-order valence-corrected chi connectivity index (χ0v) is 11.0. The van der Waals surface area contributed by atoms with Crippen molar-refractivity contribution in [1.82, 2.24) is 9.88 Å². The molecule has 0 amide bonds. The molecule has 1 aromatic rings. The second-order valence-electron chi connectivity index (χ2n) is 4.74. The maximum Gasteiger partial charge on any atom is 0.0401 e. The van der Waals surface area contributed by atoms with Gasteiger partial charge in [-0.1, -0.05) is 0 Å². The van der Waals surface area contributed by atoms with Crippen LogP contribution in [0.25, 0.3) is 0 Å². The van der Waals surface area contributed by atoms with Crippen molar-refractivity contribution in [2.24, 2.45) is 0 Å². The molecule has 0 N–H and O–H groups in total. The van der Waals surface area contributed by atoms with Gasteiger partial charge in [-0.05, 0) is 60.5 Å². The molecule has 2 aliphatic rings. The first-order valence-corrected chi connectivity index (χ1v) is 6.66. The Balaban J connectivity index is 1.90. The maximum atomic E-state index is 4.31. The second kappa shape index (κ2) is 3.70. The van der Waals surface area contributed by atoms with Gasteiger partial charge in [-0.3, -0.25) is 9.88 Å². The summed E-state index contributed by atoms with van der Waals surface area (Å²) >= 11 is 2.35. The Morgan fingerprint density at radius 1 is 1.40 bits per heavy atom. The van der Waals surface area contributed by atoms with Crippen molar-refractivity contribution in [2.75, 3.05) is 7.05 Å². The van der Waals surface area contributed by atoms with Gasteiger partial charge < -0.3 is 0 Å². The van der Waals surface area contributed by atoms with Crippen LogP contribution in [0.4, 0.5) is 0 Å². The molecule has 0 saturated carbocycles. The Kier molecular flexibility index (Phi) is 2.47. The number of hydrogen-bond acceptors (Lipinski definition) is 2. The largest absolute Gasteiger partial charge is 0.300 e. The first kappa shape index (κ1) is 10.0. The summed E-state index contributed by atoms with van der Waals surface area (Å²) in [6.45, 7) is 0. The summed E-state index contributed by atoms with van der Waals surface area (Å²) in [5, 5.41) is 0. The van der Waals surface area contributed by atoms with E-state index in [0.717, 1.165) is 18.0 Å². The molecule has 3 heterocycles. The summed E-state index contributed by atoms with van der Waals surface area (Å²) in [4.78, 5) is 6.89. The molecule has 2 nitrogen and oxygen atoms in total. The molecular weight excluding hydrogens is 298 g/mol. The minimum Gasteiger partial charge on any atom is -0.300 e. The molecule has 2 aliphatic heterocycles. The van der Waals surface area contributed by atoms with E-state index in [0.29, 0.717) is 0 Å². The monoisotopic (exact) mass is 313 g/mol. The van der Waals surface area contributed by atoms with Crippen LogP contribution in [0.15, 0.2) is 18.5 Å². The number of likely N-dealkylation sites (N-methyl/N-ethyl adjacent to an activating group) is 1. The summed E-state index contributed by atoms with van der Waals surface area (Å²) in [6.07, 6.45) is 8.09. The van der Waals surface area contributed by atoms with Gasteiger partial charge >= 0.3 is 0 Å². The fourth-order valence-corrected chi connectivity index (χ4v) is 3.77. The fraction of sp³-hybridized carbons (Fsp3) is 0.583. The number of nitrogens with zero attached hydrogens (tertiary/aromatic N) is 2. The zero-order valence-electron chi connectivity index (χ0n) is 8.86. The van der Waals surface area contributed by atoms with Crippen molar-refractivity contribution in [2.45, 2.75) is 37.3 Å². The minimum absolute atomic E-state index is 0.732. The smallest absolute Gasteiger partial charge is 0.0401 e. The Morgan fingerprint density at radius 3 is 2.87 bits per heavy atom. The Morgan fingerprint density at radius 2 is 2.27 bits per heavy atom. The predicted octanol–water partition coefficient (Wildman–Crippen LogP) is 2.64. The van der Waals surface area contributed by atoms with Gasteiger partial charge in [-0.25, -0.2) is 0 Å². The van der Waals surface area contributed by atoms with E-state index in [1.165, 1.54) is 28.4 Å². The highest BCUT2D eigenvalue weighted by Gasteiger charge is 2.44. The molecule has 1 aromatic heterocycles. The Hall–Kier alpha value is -0.160. The lowest BCUT2D eigenvalue weighted by atomic mass is 9.85. The van der Waals surface area contributed by atoms with Crippen molar-refractivity contribution in [3.63, 3.8) is 0 Å². The van der Waals surface area contributed by atoms with E-state index < -0.39 is 0 Å². The van der Waals surface area contributed by atoms with E-state index in [2.05, 4.69) is 51.8 Å². The third-order valence-corrected chi connectivity index (χ3v) is 4.63. The van der Waals surface area contributed by atoms with Gasteiger partial charge in [-0.2, -0.15) is 0 Å². The molecule has 0 unspecified atom stereocenters. The van der Waals surface area contributed by atoms with Crippen LogP contribution in [-0.2, 0) is 0 Å². The maximum absolute atomic E-state index is 4.31. The second-order valence-corrected chi connectivity index (χ2v) is 5.99. The average molecular weight is 313 g/mol. The third-order valence-electron chi connectivity index (χ3n) is 4.04. The number of pyridine rings is 1. The topological polar surface area (TPSA) is 16.1 Å². The number of halogens is 1. The SMILES string of the molecule is [11CH3]N1[C@@H]2CC[C@@H]1[C@@H](c1cncc(I)c1)C2. The van der Waals surface area contributed by atoms with Crippen LogP contribution in [0.3, 0.4) is 0 Å². The van der Waals surface area contributed by atoms with Gasteiger partial charge in [-0.15, -0.1) is 0 Å². The van der Waals surface area contributed by atoms with E-state index in [1.807, 2.05) is 6.20 Å². The molecule has 2 bridgehead atoms. The summed E-state index contributed by atoms with van der Waals surface area (Å²) in [6, 6.07) is 3.90. The van der Waals surface area contributed by atoms with Crippen LogP contribution in [0, 0.1) is 3.57 Å². The van der Waals surface area contributed by atoms with Gasteiger partial charge in [0.25, 0.3) is 0 Å². The Labute approximate surface area is 104 Å². The predicted molar refractivity (Wildman–Crippen MR) is 68.9 cm³/mol. The molecule has 2 fully saturated rings. The lowest BCUT2D eigenvalue weighted by Crippen LogP contribution is -2.25. The van der Waals surface area contributed by atoms with Gasteiger partial charge in [0.15, 0.2) is 0 Å². The van der Waals surface area contributed by atoms with Crippen molar-refractivity contribution in [3.05, 3.63) is 27.6 Å². The minimum atomic E-state index is 0.732. The first-order valence-electron chi connectivity index (χ1n) is 5.58. The fourth-order valence-electron chi connectivity index (χ4n) is 3.25. The lowest BCUT2D eigenvalue weighted by Gasteiger charge is -2.21. The van der Waals surface area contributed by atoms with Crippen molar-refractivity contribution >= 4 is 22.6 Å². The van der Waals surface area contributed by atoms with Crippen molar-refractivity contribution < 1.29 is 0 Å². The summed E-state index contributed by atoms with van der Waals surface area (Å²) in [7, 11) is 2.28. The molecular formula is C12H15IN2. The highest BCUT2D eigenvalue weighted by atomic mass is 127. The third kappa shape index (κ3) is 1.60. The molecule has 0 aromatic carbocycles. The Bertz CT molecular complexity index is 380. The molecule has 3 atom stereocenters. The van der Waals surface area contributed by atoms with Crippen molar-refractivity contribution in [3.8, 4) is 0 Å². The lowest BCUT2D eigenvalue weighted by molar-refractivity contribution is 0.307. The molecule has 0 aliphatic carbocycles. The number of fused-ring (bicyclic) bond motifs is 2. The van der Waals surface area contributed by atoms with E-state index in [-0.39, 0.29) is 0 Å². The molecule has 3 heteroatoms. The van der Waals surface area contributed by atoms with Gasteiger partial charge in [0.05, 0.1) is 0 Å². The van der Waals surface area contributed by atoms with Gasteiger partial charge in [0.2, 0.25) is 0 Å². The van der Waals surface area contributed by atoms with Gasteiger partial charge in [0, 0.05) is 34.0 Å². The van der Waals surface area contributed by atoms with E-state index in [1.54, 1.807) is 0 Å². The number of hydrogen-bond donors (Lipinski definition) is 0. The molecule has 80 valence electrons. The van der Waals surface area contributed by atoms with Crippen LogP contribution in [-0.4, -0.2) is 29.0 Å².